The van der Waals surface area contributed by atoms with E-state index in [-0.39, 0.29) is 5.91 Å². The van der Waals surface area contributed by atoms with Crippen molar-refractivity contribution in [3.05, 3.63) is 22.2 Å². The van der Waals surface area contributed by atoms with Gasteiger partial charge in [-0.15, -0.1) is 0 Å². The molecule has 1 aliphatic rings. The van der Waals surface area contributed by atoms with Gasteiger partial charge in [-0.1, -0.05) is 0 Å². The van der Waals surface area contributed by atoms with Gasteiger partial charge in [0.1, 0.15) is 0 Å². The lowest BCUT2D eigenvalue weighted by atomic mass is 9.97. The fraction of sp³-hybridized carbons (Fsp3) is 0.588. The van der Waals surface area contributed by atoms with Gasteiger partial charge in [-0.25, -0.2) is 0 Å². The van der Waals surface area contributed by atoms with Crippen molar-refractivity contribution in [2.45, 2.75) is 19.8 Å². The van der Waals surface area contributed by atoms with Crippen LogP contribution < -0.4 is 14.8 Å². The molecule has 2 rings (SSSR count). The highest BCUT2D eigenvalue weighted by molar-refractivity contribution is 9.10. The molecule has 0 bridgehead atoms. The molecule has 1 amide bonds. The first kappa shape index (κ1) is 18.1. The number of hydrogen-bond acceptors (Lipinski definition) is 4. The highest BCUT2D eigenvalue weighted by Gasteiger charge is 2.25. The molecule has 0 spiro atoms. The molecule has 1 aromatic rings. The van der Waals surface area contributed by atoms with Crippen LogP contribution in [0, 0.1) is 5.92 Å². The van der Waals surface area contributed by atoms with Gasteiger partial charge < -0.3 is 19.7 Å². The van der Waals surface area contributed by atoms with E-state index in [0.717, 1.165) is 30.5 Å². The summed E-state index contributed by atoms with van der Waals surface area (Å²) < 4.78 is 11.7. The molecule has 1 fully saturated rings. The third-order valence-corrected chi connectivity index (χ3v) is 4.65. The Bertz CT molecular complexity index is 549. The van der Waals surface area contributed by atoms with E-state index in [1.54, 1.807) is 13.2 Å². The van der Waals surface area contributed by atoms with E-state index in [4.69, 9.17) is 9.47 Å². The first-order valence-electron chi connectivity index (χ1n) is 8.04. The van der Waals surface area contributed by atoms with Crippen LogP contribution in [0.25, 0.3) is 0 Å². The monoisotopic (exact) mass is 384 g/mol. The summed E-state index contributed by atoms with van der Waals surface area (Å²) in [5, 5.41) is 3.20. The Morgan fingerprint density at radius 3 is 2.91 bits per heavy atom. The lowest BCUT2D eigenvalue weighted by molar-refractivity contribution is 0.0673. The van der Waals surface area contributed by atoms with Gasteiger partial charge in [0.25, 0.3) is 5.91 Å². The van der Waals surface area contributed by atoms with Crippen molar-refractivity contribution >= 4 is 21.8 Å². The second kappa shape index (κ2) is 8.55. The van der Waals surface area contributed by atoms with Gasteiger partial charge in [0.15, 0.2) is 11.5 Å². The Balaban J connectivity index is 2.20. The largest absolute Gasteiger partial charge is 0.493 e. The van der Waals surface area contributed by atoms with E-state index in [1.165, 1.54) is 6.42 Å². The normalized spacial score (nSPS) is 17.9. The van der Waals surface area contributed by atoms with Crippen molar-refractivity contribution in [3.8, 4) is 11.5 Å². The average molecular weight is 385 g/mol. The van der Waals surface area contributed by atoms with E-state index in [1.807, 2.05) is 24.9 Å². The molecule has 1 heterocycles. The Hall–Kier alpha value is -1.27. The Morgan fingerprint density at radius 1 is 1.48 bits per heavy atom. The molecule has 0 radical (unpaired) electrons. The van der Waals surface area contributed by atoms with Gasteiger partial charge in [-0.3, -0.25) is 4.79 Å². The van der Waals surface area contributed by atoms with Gasteiger partial charge >= 0.3 is 0 Å². The second-order valence-electron chi connectivity index (χ2n) is 5.74. The number of carbonyl (C=O) groups is 1. The maximum absolute atomic E-state index is 12.8. The molecule has 0 aromatic heterocycles. The van der Waals surface area contributed by atoms with Crippen molar-refractivity contribution in [2.75, 3.05) is 40.4 Å². The molecule has 1 saturated heterocycles. The molecule has 5 nitrogen and oxygen atoms in total. The molecular formula is C17H25BrN2O3. The molecule has 23 heavy (non-hydrogen) atoms. The van der Waals surface area contributed by atoms with Crippen molar-refractivity contribution in [1.82, 2.24) is 10.2 Å². The van der Waals surface area contributed by atoms with Crippen LogP contribution in [0.3, 0.4) is 0 Å². The number of hydrogen-bond donors (Lipinski definition) is 1. The van der Waals surface area contributed by atoms with Crippen molar-refractivity contribution in [2.24, 2.45) is 5.92 Å². The van der Waals surface area contributed by atoms with Crippen LogP contribution in [-0.4, -0.2) is 51.2 Å². The molecular weight excluding hydrogens is 360 g/mol. The second-order valence-corrected chi connectivity index (χ2v) is 6.59. The number of rotatable bonds is 6. The summed E-state index contributed by atoms with van der Waals surface area (Å²) in [7, 11) is 3.54. The van der Waals surface area contributed by atoms with Crippen LogP contribution in [0.15, 0.2) is 16.6 Å². The Morgan fingerprint density at radius 2 is 2.26 bits per heavy atom. The Labute approximate surface area is 146 Å². The first-order valence-corrected chi connectivity index (χ1v) is 8.84. The Kier molecular flexibility index (Phi) is 6.72. The minimum absolute atomic E-state index is 0.0489. The predicted octanol–water partition coefficient (Wildman–Crippen LogP) is 2.93. The number of amides is 1. The predicted molar refractivity (Wildman–Crippen MR) is 94.4 cm³/mol. The molecule has 1 aliphatic heterocycles. The van der Waals surface area contributed by atoms with Crippen LogP contribution in [0.2, 0.25) is 0 Å². The minimum Gasteiger partial charge on any atom is -0.493 e. The summed E-state index contributed by atoms with van der Waals surface area (Å²) in [5.74, 6) is 1.78. The van der Waals surface area contributed by atoms with Crippen molar-refractivity contribution in [1.29, 1.82) is 0 Å². The summed E-state index contributed by atoms with van der Waals surface area (Å²) in [6.07, 6.45) is 2.22. The lowest BCUT2D eigenvalue weighted by Crippen LogP contribution is -2.42. The summed E-state index contributed by atoms with van der Waals surface area (Å²) in [6, 6.07) is 3.58. The molecule has 1 aromatic carbocycles. The number of nitrogens with one attached hydrogen (secondary N) is 1. The van der Waals surface area contributed by atoms with E-state index < -0.39 is 0 Å². The quantitative estimate of drug-likeness (QED) is 0.818. The van der Waals surface area contributed by atoms with Gasteiger partial charge in [0.05, 0.1) is 18.2 Å². The van der Waals surface area contributed by atoms with Crippen LogP contribution in [0.1, 0.15) is 30.1 Å². The van der Waals surface area contributed by atoms with E-state index in [0.29, 0.717) is 29.6 Å². The van der Waals surface area contributed by atoms with Crippen LogP contribution >= 0.6 is 15.9 Å². The first-order chi connectivity index (χ1) is 11.1. The molecule has 0 saturated carbocycles. The number of benzene rings is 1. The lowest BCUT2D eigenvalue weighted by Gasteiger charge is -2.33. The van der Waals surface area contributed by atoms with Crippen LogP contribution in [-0.2, 0) is 0 Å². The average Bonchev–Trinajstić information content (AvgIpc) is 2.56. The summed E-state index contributed by atoms with van der Waals surface area (Å²) >= 11 is 3.48. The zero-order valence-corrected chi connectivity index (χ0v) is 15.6. The zero-order valence-electron chi connectivity index (χ0n) is 14.0. The fourth-order valence-corrected chi connectivity index (χ4v) is 3.57. The molecule has 0 aliphatic carbocycles. The minimum atomic E-state index is 0.0489. The fourth-order valence-electron chi connectivity index (χ4n) is 3.02. The van der Waals surface area contributed by atoms with Crippen LogP contribution in [0.5, 0.6) is 11.5 Å². The number of methoxy groups -OCH3 is 1. The van der Waals surface area contributed by atoms with Gasteiger partial charge in [-0.2, -0.15) is 0 Å². The molecule has 1 atom stereocenters. The van der Waals surface area contributed by atoms with E-state index in [9.17, 15) is 4.79 Å². The highest BCUT2D eigenvalue weighted by Crippen LogP contribution is 2.37. The summed E-state index contributed by atoms with van der Waals surface area (Å²) in [6.45, 7) is 5.01. The van der Waals surface area contributed by atoms with Crippen LogP contribution in [0.4, 0.5) is 0 Å². The topological polar surface area (TPSA) is 50.8 Å². The third-order valence-electron chi connectivity index (χ3n) is 4.06. The van der Waals surface area contributed by atoms with Gasteiger partial charge in [-0.05, 0) is 67.3 Å². The van der Waals surface area contributed by atoms with E-state index >= 15 is 0 Å². The SMILES string of the molecule is CCOc1c(Br)cc(C(=O)N2CCCC(CNC)C2)cc1OC. The molecule has 128 valence electrons. The third kappa shape index (κ3) is 4.38. The number of carbonyl (C=O) groups excluding carboxylic acids is 1. The van der Waals surface area contributed by atoms with Gasteiger partial charge in [0, 0.05) is 18.7 Å². The molecule has 1 unspecified atom stereocenters. The van der Waals surface area contributed by atoms with Gasteiger partial charge in [0.2, 0.25) is 0 Å². The molecule has 6 heteroatoms. The summed E-state index contributed by atoms with van der Waals surface area (Å²) in [4.78, 5) is 14.8. The highest BCUT2D eigenvalue weighted by atomic mass is 79.9. The van der Waals surface area contributed by atoms with E-state index in [2.05, 4.69) is 21.2 Å². The number of likely N-dealkylation sites (tertiary alicyclic amines) is 1. The number of halogens is 1. The van der Waals surface area contributed by atoms with Crippen molar-refractivity contribution < 1.29 is 14.3 Å². The summed E-state index contributed by atoms with van der Waals surface area (Å²) in [5.41, 5.74) is 0.627. The number of ether oxygens (including phenoxy) is 2. The van der Waals surface area contributed by atoms with Crippen molar-refractivity contribution in [3.63, 3.8) is 0 Å². The number of piperidine rings is 1. The standard InChI is InChI=1S/C17H25BrN2O3/c1-4-23-16-14(18)8-13(9-15(16)22-3)17(21)20-7-5-6-12(11-20)10-19-2/h8-9,12,19H,4-7,10-11H2,1-3H3. The zero-order chi connectivity index (χ0) is 16.8. The maximum atomic E-state index is 12.8. The molecule has 1 N–H and O–H groups in total. The maximum Gasteiger partial charge on any atom is 0.254 e. The number of nitrogens with zero attached hydrogens (tertiary/aromatic N) is 1. The smallest absolute Gasteiger partial charge is 0.254 e.